The summed E-state index contributed by atoms with van der Waals surface area (Å²) < 4.78 is 27.5. The van der Waals surface area contributed by atoms with Crippen LogP contribution in [0.3, 0.4) is 0 Å². The molecule has 0 saturated heterocycles. The van der Waals surface area contributed by atoms with Crippen LogP contribution in [0, 0.1) is 10.1 Å². The highest BCUT2D eigenvalue weighted by Crippen LogP contribution is 2.17. The fourth-order valence-electron chi connectivity index (χ4n) is 1.64. The molecule has 0 aromatic heterocycles. The summed E-state index contributed by atoms with van der Waals surface area (Å²) in [6, 6.07) is 9.81. The maximum atomic E-state index is 12.0. The Hall–Kier alpha value is -3.07. The minimum absolute atomic E-state index is 0.0698. The van der Waals surface area contributed by atoms with Gasteiger partial charge in [-0.15, -0.1) is 0 Å². The number of nitro groups is 1. The van der Waals surface area contributed by atoms with E-state index in [1.165, 1.54) is 24.3 Å². The van der Waals surface area contributed by atoms with Crippen molar-refractivity contribution in [3.05, 3.63) is 69.8 Å². The van der Waals surface area contributed by atoms with Gasteiger partial charge in [0.1, 0.15) is 0 Å². The van der Waals surface area contributed by atoms with E-state index in [9.17, 15) is 23.3 Å². The number of nitrogens with zero attached hydrogens (tertiary/aromatic N) is 2. The number of carbonyl (C=O) groups is 1. The Bertz CT molecular complexity index is 870. The van der Waals surface area contributed by atoms with E-state index in [1.54, 1.807) is 0 Å². The third-order valence-electron chi connectivity index (χ3n) is 2.84. The average molecular weight is 334 g/mol. The molecule has 8 nitrogen and oxygen atoms in total. The van der Waals surface area contributed by atoms with Crippen molar-refractivity contribution < 1.29 is 23.2 Å². The molecule has 0 heterocycles. The first-order valence-electron chi connectivity index (χ1n) is 6.18. The Labute approximate surface area is 130 Å². The first-order valence-corrected chi connectivity index (χ1v) is 7.62. The summed E-state index contributed by atoms with van der Waals surface area (Å²) in [5.41, 5.74) is 0.248. The van der Waals surface area contributed by atoms with E-state index in [0.717, 1.165) is 30.5 Å². The lowest BCUT2D eigenvalue weighted by Crippen LogP contribution is -1.99. The number of carboxylic acids is 1. The first kappa shape index (κ1) is 16.3. The van der Waals surface area contributed by atoms with E-state index in [-0.39, 0.29) is 16.1 Å². The molecule has 0 radical (unpaired) electrons. The molecule has 2 rings (SSSR count). The van der Waals surface area contributed by atoms with Crippen molar-refractivity contribution in [2.45, 2.75) is 4.90 Å². The molecule has 118 valence electrons. The number of aromatic carboxylic acids is 1. The molecule has 2 aromatic carbocycles. The summed E-state index contributed by atoms with van der Waals surface area (Å²) in [6.07, 6.45) is 1.07. The second-order valence-electron chi connectivity index (χ2n) is 4.39. The molecule has 0 spiro atoms. The molecule has 0 amide bonds. The van der Waals surface area contributed by atoms with E-state index in [0.29, 0.717) is 5.56 Å². The molecule has 0 fully saturated rings. The van der Waals surface area contributed by atoms with E-state index >= 15 is 0 Å². The quantitative estimate of drug-likeness (QED) is 0.507. The van der Waals surface area contributed by atoms with E-state index in [1.807, 2.05) is 0 Å². The summed E-state index contributed by atoms with van der Waals surface area (Å²) in [7, 11) is -4.00. The Kier molecular flexibility index (Phi) is 4.51. The van der Waals surface area contributed by atoms with Crippen molar-refractivity contribution >= 4 is 27.9 Å². The highest BCUT2D eigenvalue weighted by molar-refractivity contribution is 7.90. The lowest BCUT2D eigenvalue weighted by Gasteiger charge is -1.99. The number of nitro benzene ring substituents is 1. The summed E-state index contributed by atoms with van der Waals surface area (Å²) in [5.74, 6) is -1.09. The minimum Gasteiger partial charge on any atom is -0.478 e. The Morgan fingerprint density at radius 2 is 1.65 bits per heavy atom. The molecular formula is C14H10N2O6S. The van der Waals surface area contributed by atoms with Crippen molar-refractivity contribution in [3.8, 4) is 0 Å². The normalized spacial score (nSPS) is 11.5. The zero-order chi connectivity index (χ0) is 17.0. The van der Waals surface area contributed by atoms with Gasteiger partial charge in [-0.3, -0.25) is 10.1 Å². The molecule has 23 heavy (non-hydrogen) atoms. The van der Waals surface area contributed by atoms with Crippen LogP contribution in [0.1, 0.15) is 15.9 Å². The molecule has 0 aliphatic heterocycles. The van der Waals surface area contributed by atoms with Gasteiger partial charge in [0, 0.05) is 18.3 Å². The van der Waals surface area contributed by atoms with E-state index < -0.39 is 20.9 Å². The number of carboxylic acid groups (broad SMARTS) is 1. The van der Waals surface area contributed by atoms with Gasteiger partial charge in [0.25, 0.3) is 15.7 Å². The van der Waals surface area contributed by atoms with Crippen LogP contribution in [0.5, 0.6) is 0 Å². The molecule has 2 aromatic rings. The number of hydrogen-bond acceptors (Lipinski definition) is 5. The van der Waals surface area contributed by atoms with Crippen molar-refractivity contribution in [1.82, 2.24) is 0 Å². The van der Waals surface area contributed by atoms with Gasteiger partial charge in [-0.1, -0.05) is 12.1 Å². The van der Waals surface area contributed by atoms with Crippen LogP contribution < -0.4 is 0 Å². The fraction of sp³-hybridized carbons (Fsp3) is 0. The minimum atomic E-state index is -4.00. The van der Waals surface area contributed by atoms with Crippen molar-refractivity contribution in [2.24, 2.45) is 4.40 Å². The van der Waals surface area contributed by atoms with Crippen LogP contribution in [-0.2, 0) is 10.0 Å². The van der Waals surface area contributed by atoms with E-state index in [2.05, 4.69) is 4.40 Å². The molecule has 0 saturated carbocycles. The summed E-state index contributed by atoms with van der Waals surface area (Å²) >= 11 is 0. The van der Waals surface area contributed by atoms with Gasteiger partial charge in [0.15, 0.2) is 0 Å². The highest BCUT2D eigenvalue weighted by atomic mass is 32.2. The molecule has 0 atom stereocenters. The largest absolute Gasteiger partial charge is 0.478 e. The molecule has 0 bridgehead atoms. The monoisotopic (exact) mass is 334 g/mol. The standard InChI is InChI=1S/C14H10N2O6S/c17-14(18)11-3-1-10(2-4-11)9-15-23(21,22)13-7-5-12(6-8-13)16(19)20/h1-9H,(H,17,18)/b15-9+. The van der Waals surface area contributed by atoms with Gasteiger partial charge in [-0.05, 0) is 29.8 Å². The second-order valence-corrected chi connectivity index (χ2v) is 6.02. The lowest BCUT2D eigenvalue weighted by atomic mass is 10.1. The topological polar surface area (TPSA) is 127 Å². The van der Waals surface area contributed by atoms with Crippen LogP contribution >= 0.6 is 0 Å². The van der Waals surface area contributed by atoms with Crippen LogP contribution in [0.25, 0.3) is 0 Å². The van der Waals surface area contributed by atoms with Crippen molar-refractivity contribution in [2.75, 3.05) is 0 Å². The number of sulfonamides is 1. The highest BCUT2D eigenvalue weighted by Gasteiger charge is 2.14. The Balaban J connectivity index is 2.22. The molecular weight excluding hydrogens is 324 g/mol. The van der Waals surface area contributed by atoms with Crippen LogP contribution in [0.4, 0.5) is 5.69 Å². The van der Waals surface area contributed by atoms with Crippen LogP contribution in [-0.4, -0.2) is 30.6 Å². The lowest BCUT2D eigenvalue weighted by molar-refractivity contribution is -0.384. The molecule has 1 N–H and O–H groups in total. The fourth-order valence-corrected chi connectivity index (χ4v) is 2.50. The van der Waals surface area contributed by atoms with Gasteiger partial charge < -0.3 is 5.11 Å². The summed E-state index contributed by atoms with van der Waals surface area (Å²) in [6.45, 7) is 0. The van der Waals surface area contributed by atoms with Crippen LogP contribution in [0.15, 0.2) is 57.8 Å². The summed E-state index contributed by atoms with van der Waals surface area (Å²) in [5, 5.41) is 19.3. The smallest absolute Gasteiger partial charge is 0.335 e. The number of benzene rings is 2. The van der Waals surface area contributed by atoms with Gasteiger partial charge in [-0.25, -0.2) is 4.79 Å². The van der Waals surface area contributed by atoms with Gasteiger partial charge in [0.2, 0.25) is 0 Å². The predicted molar refractivity (Wildman–Crippen MR) is 81.3 cm³/mol. The molecule has 0 aliphatic carbocycles. The van der Waals surface area contributed by atoms with Crippen LogP contribution in [0.2, 0.25) is 0 Å². The maximum absolute atomic E-state index is 12.0. The molecule has 0 unspecified atom stereocenters. The van der Waals surface area contributed by atoms with Crippen molar-refractivity contribution in [3.63, 3.8) is 0 Å². The second kappa shape index (κ2) is 6.36. The number of rotatable bonds is 5. The molecule has 9 heteroatoms. The SMILES string of the molecule is O=C(O)c1ccc(/C=N/S(=O)(=O)c2ccc([N+](=O)[O-])cc2)cc1. The maximum Gasteiger partial charge on any atom is 0.335 e. The van der Waals surface area contributed by atoms with Crippen molar-refractivity contribution in [1.29, 1.82) is 0 Å². The number of non-ortho nitro benzene ring substituents is 1. The summed E-state index contributed by atoms with van der Waals surface area (Å²) in [4.78, 5) is 20.4. The Morgan fingerprint density at radius 3 is 2.13 bits per heavy atom. The zero-order valence-electron chi connectivity index (χ0n) is 11.5. The molecule has 0 aliphatic rings. The zero-order valence-corrected chi connectivity index (χ0v) is 12.3. The van der Waals surface area contributed by atoms with E-state index in [4.69, 9.17) is 5.11 Å². The predicted octanol–water partition coefficient (Wildman–Crippen LogP) is 2.10. The first-order chi connectivity index (χ1) is 10.8. The number of hydrogen-bond donors (Lipinski definition) is 1. The average Bonchev–Trinajstić information content (AvgIpc) is 2.53. The third kappa shape index (κ3) is 3.98. The Morgan fingerprint density at radius 1 is 1.09 bits per heavy atom. The van der Waals surface area contributed by atoms with Gasteiger partial charge in [-0.2, -0.15) is 12.8 Å². The van der Waals surface area contributed by atoms with Gasteiger partial charge >= 0.3 is 5.97 Å². The third-order valence-corrected chi connectivity index (χ3v) is 4.09. The van der Waals surface area contributed by atoms with Gasteiger partial charge in [0.05, 0.1) is 15.4 Å².